The second kappa shape index (κ2) is 32.8. The molecule has 0 aliphatic carbocycles. The number of nitriles is 1. The van der Waals surface area contributed by atoms with Crippen LogP contribution in [-0.2, 0) is 59.6 Å². The summed E-state index contributed by atoms with van der Waals surface area (Å²) in [4.78, 5) is 28.3. The summed E-state index contributed by atoms with van der Waals surface area (Å²) in [6.45, 7) is 75.8. The van der Waals surface area contributed by atoms with Gasteiger partial charge in [-0.05, 0) is 240 Å². The van der Waals surface area contributed by atoms with Crippen molar-refractivity contribution in [2.45, 2.75) is 288 Å². The average Bonchev–Trinajstić information content (AvgIpc) is 0.779. The summed E-state index contributed by atoms with van der Waals surface area (Å²) >= 11 is 0. The molecular formula is C131H140BN9O. The summed E-state index contributed by atoms with van der Waals surface area (Å²) < 4.78 is 11.9. The van der Waals surface area contributed by atoms with Gasteiger partial charge in [0.2, 0.25) is 0 Å². The molecule has 20 rings (SSSR count). The molecule has 0 amide bonds. The van der Waals surface area contributed by atoms with Crippen LogP contribution in [0.4, 0.5) is 34.1 Å². The SMILES string of the molecule is CC(C)(C)c1ccc2c(c1)c1cc(C#N)ccc1n2-c1ccc2c(c1)N(c1c(-c3cc(C(C)(C)C)nc(C(C)(C)C)c3)cccc1-c1cc(C(C)(C)C)nc(C(C)(C)C)c1)c1cc(-c3ccc4oc5ccccc5c4c3)cc3c1B2c1ccc(-n2c4ccc(C(C)(C)C)cc4c4cc(C(C)(C)C)ccc42)cc1N3c1c(-c2cc(C(C)(C)C)nc(C(C)(C)C)c2)cccc1-c1cc(C(C)(C)C)nc(C(C)(C)C)c1. The van der Waals surface area contributed by atoms with Gasteiger partial charge in [0.05, 0.1) is 45.1 Å². The number of fused-ring (bicyclic) bond motifs is 13. The Kier molecular flexibility index (Phi) is 22.2. The lowest BCUT2D eigenvalue weighted by Crippen LogP contribution is -2.61. The molecule has 0 atom stereocenters. The van der Waals surface area contributed by atoms with E-state index in [9.17, 15) is 5.26 Å². The average molecular weight is 1870 g/mol. The van der Waals surface area contributed by atoms with E-state index in [-0.39, 0.29) is 59.6 Å². The molecule has 142 heavy (non-hydrogen) atoms. The second-order valence-electron chi connectivity index (χ2n) is 52.2. The smallest absolute Gasteiger partial charge is 0.252 e. The predicted molar refractivity (Wildman–Crippen MR) is 605 cm³/mol. The molecule has 18 aromatic rings. The largest absolute Gasteiger partial charge is 0.456 e. The van der Waals surface area contributed by atoms with Gasteiger partial charge in [0, 0.05) is 178 Å². The zero-order chi connectivity index (χ0) is 102. The van der Waals surface area contributed by atoms with Crippen LogP contribution in [0, 0.1) is 11.3 Å². The van der Waals surface area contributed by atoms with Crippen LogP contribution in [-0.4, -0.2) is 35.8 Å². The first kappa shape index (κ1) is 96.1. The van der Waals surface area contributed by atoms with E-state index in [2.05, 4.69) is 496 Å². The number of anilines is 6. The van der Waals surface area contributed by atoms with Crippen LogP contribution < -0.4 is 26.2 Å². The lowest BCUT2D eigenvalue weighted by atomic mass is 9.33. The van der Waals surface area contributed by atoms with E-state index in [4.69, 9.17) is 24.4 Å². The Morgan fingerprint density at radius 2 is 0.556 bits per heavy atom. The number of aromatic nitrogens is 6. The Labute approximate surface area is 843 Å². The highest BCUT2D eigenvalue weighted by Crippen LogP contribution is 2.57. The minimum atomic E-state index is -0.456. The number of para-hydroxylation sites is 3. The van der Waals surface area contributed by atoms with Crippen molar-refractivity contribution in [2.24, 2.45) is 0 Å². The Bertz CT molecular complexity index is 7710. The summed E-state index contributed by atoms with van der Waals surface area (Å²) in [5.41, 5.74) is 37.1. The molecule has 11 heteroatoms. The summed E-state index contributed by atoms with van der Waals surface area (Å²) in [5, 5.41) is 17.6. The van der Waals surface area contributed by atoms with Crippen molar-refractivity contribution in [1.29, 1.82) is 5.26 Å². The van der Waals surface area contributed by atoms with Gasteiger partial charge in [-0.25, -0.2) is 0 Å². The monoisotopic (exact) mass is 1870 g/mol. The van der Waals surface area contributed by atoms with Gasteiger partial charge >= 0.3 is 0 Å². The van der Waals surface area contributed by atoms with E-state index in [1.807, 2.05) is 6.07 Å². The fraction of sp³-hybridized carbons (Fsp3) is 0.336. The molecular weight excluding hydrogens is 1730 g/mol. The van der Waals surface area contributed by atoms with E-state index >= 15 is 0 Å². The van der Waals surface area contributed by atoms with Crippen molar-refractivity contribution >= 4 is 123 Å². The molecule has 718 valence electrons. The van der Waals surface area contributed by atoms with Crippen molar-refractivity contribution in [3.05, 3.63) is 317 Å². The molecule has 0 radical (unpaired) electrons. The molecule has 0 fully saturated rings. The van der Waals surface area contributed by atoms with E-state index in [1.165, 1.54) is 27.5 Å². The van der Waals surface area contributed by atoms with Gasteiger partial charge in [-0.15, -0.1) is 0 Å². The highest BCUT2D eigenvalue weighted by molar-refractivity contribution is 7.00. The van der Waals surface area contributed by atoms with Gasteiger partial charge in [-0.1, -0.05) is 319 Å². The van der Waals surface area contributed by atoms with Crippen molar-refractivity contribution in [1.82, 2.24) is 29.1 Å². The van der Waals surface area contributed by atoms with Crippen LogP contribution in [0.2, 0.25) is 0 Å². The lowest BCUT2D eigenvalue weighted by molar-refractivity contribution is 0.531. The number of nitrogens with zero attached hydrogens (tertiary/aromatic N) is 9. The van der Waals surface area contributed by atoms with Crippen LogP contribution in [0.3, 0.4) is 0 Å². The number of rotatable bonds is 9. The van der Waals surface area contributed by atoms with Crippen LogP contribution in [0.25, 0.3) is 133 Å². The third kappa shape index (κ3) is 16.8. The third-order valence-corrected chi connectivity index (χ3v) is 29.7. The number of benzene rings is 11. The summed E-state index contributed by atoms with van der Waals surface area (Å²) in [5.74, 6) is 0. The van der Waals surface area contributed by atoms with E-state index in [0.717, 1.165) is 218 Å². The Hall–Kier alpha value is -13.4. The quantitative estimate of drug-likeness (QED) is 0.132. The maximum absolute atomic E-state index is 11.0. The number of furan rings is 1. The molecule has 11 aromatic carbocycles. The second-order valence-corrected chi connectivity index (χ2v) is 52.2. The maximum atomic E-state index is 11.0. The van der Waals surface area contributed by atoms with E-state index in [1.54, 1.807) is 0 Å². The van der Waals surface area contributed by atoms with Gasteiger partial charge in [0.1, 0.15) is 11.2 Å². The lowest BCUT2D eigenvalue weighted by Gasteiger charge is -2.46. The fourth-order valence-corrected chi connectivity index (χ4v) is 21.2. The highest BCUT2D eigenvalue weighted by Gasteiger charge is 2.48. The minimum absolute atomic E-state index is 0.135. The van der Waals surface area contributed by atoms with Gasteiger partial charge in [-0.2, -0.15) is 5.26 Å². The molecule has 2 aliphatic heterocycles. The van der Waals surface area contributed by atoms with Gasteiger partial charge < -0.3 is 23.4 Å². The number of hydrogen-bond donors (Lipinski definition) is 0. The fourth-order valence-electron chi connectivity index (χ4n) is 21.2. The summed E-state index contributed by atoms with van der Waals surface area (Å²) in [6.07, 6.45) is 0. The van der Waals surface area contributed by atoms with Crippen molar-refractivity contribution in [2.75, 3.05) is 9.80 Å². The summed E-state index contributed by atoms with van der Waals surface area (Å²) in [7, 11) is 0. The van der Waals surface area contributed by atoms with Crippen molar-refractivity contribution in [3.8, 4) is 73.1 Å². The molecule has 0 N–H and O–H groups in total. The molecule has 0 saturated heterocycles. The Morgan fingerprint density at radius 1 is 0.246 bits per heavy atom. The Morgan fingerprint density at radius 3 is 0.873 bits per heavy atom. The van der Waals surface area contributed by atoms with Crippen LogP contribution in [0.15, 0.2) is 253 Å². The van der Waals surface area contributed by atoms with E-state index in [0.29, 0.717) is 5.56 Å². The molecule has 2 aliphatic rings. The zero-order valence-electron chi connectivity index (χ0n) is 90.2. The molecule has 9 heterocycles. The standard InChI is InChI=1S/C131H140BN9O/c1-121(2,3)83-46-54-101-94(70-83)93-58-76(75-133)44-53-100(93)138(101)86-49-51-98-104(73-86)140(119-88(79-62-110(124(10,11)12)134-111(63-79)125(13,14)15)39-36-40-89(119)80-64-112(126(16,17)18)135-113(65-80)127(19,20)21)106-60-78(77-45-57-109-97(59-77)92-38-34-35-43-108(92)142-109)61-107-118(106)132(98)99-52-50-87(139-102-55-47-84(122(4,5)6)71-95(102)96-72-85(123(7,8)9)48-56-103(96)139)74-105(99)141(107)120-90(81-66-114(128(22,23)24)136-115(67-81)129(25,26)27)41-37-42-91(120)82-68-116(130(28,29)30)137-117(69-82)131(31,32)33/h34-74H,1-33H3. The zero-order valence-corrected chi connectivity index (χ0v) is 90.2. The van der Waals surface area contributed by atoms with E-state index < -0.39 is 6.71 Å². The topological polar surface area (TPSA) is 105 Å². The van der Waals surface area contributed by atoms with Crippen molar-refractivity contribution < 1.29 is 4.42 Å². The molecule has 0 saturated carbocycles. The molecule has 0 spiro atoms. The van der Waals surface area contributed by atoms with Crippen molar-refractivity contribution in [3.63, 3.8) is 0 Å². The van der Waals surface area contributed by atoms with Crippen LogP contribution in [0.5, 0.6) is 0 Å². The molecule has 7 aromatic heterocycles. The Balaban J connectivity index is 1.04. The molecule has 0 unspecified atom stereocenters. The maximum Gasteiger partial charge on any atom is 0.252 e. The van der Waals surface area contributed by atoms with Gasteiger partial charge in [0.25, 0.3) is 6.71 Å². The van der Waals surface area contributed by atoms with Gasteiger partial charge in [0.15, 0.2) is 0 Å². The third-order valence-electron chi connectivity index (χ3n) is 29.7. The first-order chi connectivity index (χ1) is 66.3. The highest BCUT2D eigenvalue weighted by atomic mass is 16.3. The van der Waals surface area contributed by atoms with Crippen LogP contribution in [0.1, 0.15) is 296 Å². The number of pyridine rings is 4. The minimum Gasteiger partial charge on any atom is -0.456 e. The first-order valence-corrected chi connectivity index (χ1v) is 51.2. The summed E-state index contributed by atoms with van der Waals surface area (Å²) in [6, 6.07) is 99.3. The normalized spacial score (nSPS) is 13.8. The predicted octanol–water partition coefficient (Wildman–Crippen LogP) is 33.9. The van der Waals surface area contributed by atoms with Crippen LogP contribution >= 0.6 is 0 Å². The first-order valence-electron chi connectivity index (χ1n) is 51.2. The molecule has 0 bridgehead atoms. The molecule has 10 nitrogen and oxygen atoms in total. The number of hydrogen-bond acceptors (Lipinski definition) is 8. The van der Waals surface area contributed by atoms with Gasteiger partial charge in [-0.3, -0.25) is 19.9 Å².